The van der Waals surface area contributed by atoms with Crippen LogP contribution in [0.4, 0.5) is 0 Å². The number of nitrogens with one attached hydrogen (secondary N) is 1. The van der Waals surface area contributed by atoms with Crippen molar-refractivity contribution in [2.45, 2.75) is 18.7 Å². The first-order chi connectivity index (χ1) is 8.79. The highest BCUT2D eigenvalue weighted by Crippen LogP contribution is 2.13. The number of aryl methyl sites for hydroxylation is 1. The summed E-state index contributed by atoms with van der Waals surface area (Å²) >= 11 is 1.77. The average Bonchev–Trinajstić information content (AvgIpc) is 2.95. The van der Waals surface area contributed by atoms with Crippen LogP contribution in [0, 0.1) is 0 Å². The predicted octanol–water partition coefficient (Wildman–Crippen LogP) is 2.21. The number of rotatable bonds is 7. The third-order valence-electron chi connectivity index (χ3n) is 2.78. The number of hydrogen-bond donors (Lipinski definition) is 1. The van der Waals surface area contributed by atoms with Gasteiger partial charge in [-0.3, -0.25) is 4.68 Å². The molecule has 18 heavy (non-hydrogen) atoms. The van der Waals surface area contributed by atoms with Crippen LogP contribution in [0.5, 0.6) is 0 Å². The predicted molar refractivity (Wildman–Crippen MR) is 74.5 cm³/mol. The summed E-state index contributed by atoms with van der Waals surface area (Å²) in [6.07, 6.45) is 4.89. The van der Waals surface area contributed by atoms with E-state index < -0.39 is 0 Å². The third-order valence-corrected chi connectivity index (χ3v) is 3.36. The van der Waals surface area contributed by atoms with E-state index >= 15 is 0 Å². The summed E-state index contributed by atoms with van der Waals surface area (Å²) in [5.41, 5.74) is 1.24. The summed E-state index contributed by atoms with van der Waals surface area (Å²) in [4.78, 5) is 0. The minimum Gasteiger partial charge on any atom is -0.464 e. The molecule has 98 valence electrons. The van der Waals surface area contributed by atoms with Crippen LogP contribution in [0.1, 0.15) is 17.2 Å². The van der Waals surface area contributed by atoms with Gasteiger partial charge in [0.05, 0.1) is 12.3 Å². The van der Waals surface area contributed by atoms with Crippen molar-refractivity contribution in [1.29, 1.82) is 0 Å². The maximum absolute atomic E-state index is 5.68. The van der Waals surface area contributed by atoms with Gasteiger partial charge in [-0.05, 0) is 24.5 Å². The number of furan rings is 1. The molecule has 0 aliphatic heterocycles. The van der Waals surface area contributed by atoms with Gasteiger partial charge in [-0.1, -0.05) is 0 Å². The topological polar surface area (TPSA) is 43.0 Å². The van der Waals surface area contributed by atoms with Crippen LogP contribution in [0.2, 0.25) is 0 Å². The molecule has 0 spiro atoms. The largest absolute Gasteiger partial charge is 0.464 e. The summed E-state index contributed by atoms with van der Waals surface area (Å²) in [5, 5.41) is 7.53. The SMILES string of the molecule is CSCc1ccc(CNCCc2ccnn2C)o1. The van der Waals surface area contributed by atoms with E-state index in [-0.39, 0.29) is 0 Å². The number of thioether (sulfide) groups is 1. The molecular weight excluding hydrogens is 246 g/mol. The van der Waals surface area contributed by atoms with Crippen LogP contribution >= 0.6 is 11.8 Å². The second kappa shape index (κ2) is 6.66. The first-order valence-electron chi connectivity index (χ1n) is 6.03. The molecule has 2 aromatic rings. The molecule has 2 heterocycles. The highest BCUT2D eigenvalue weighted by molar-refractivity contribution is 7.97. The van der Waals surface area contributed by atoms with Crippen LogP contribution in [-0.4, -0.2) is 22.6 Å². The monoisotopic (exact) mass is 265 g/mol. The van der Waals surface area contributed by atoms with Gasteiger partial charge in [-0.25, -0.2) is 0 Å². The Morgan fingerprint density at radius 1 is 1.33 bits per heavy atom. The summed E-state index contributed by atoms with van der Waals surface area (Å²) in [5.74, 6) is 2.99. The molecule has 0 fully saturated rings. The van der Waals surface area contributed by atoms with Crippen LogP contribution in [-0.2, 0) is 25.8 Å². The molecule has 2 aromatic heterocycles. The fourth-order valence-electron chi connectivity index (χ4n) is 1.81. The second-order valence-electron chi connectivity index (χ2n) is 4.17. The van der Waals surface area contributed by atoms with Gasteiger partial charge in [-0.2, -0.15) is 16.9 Å². The Hall–Kier alpha value is -1.20. The minimum atomic E-state index is 0.784. The normalized spacial score (nSPS) is 11.0. The van der Waals surface area contributed by atoms with E-state index in [2.05, 4.69) is 22.7 Å². The van der Waals surface area contributed by atoms with Crippen molar-refractivity contribution in [2.75, 3.05) is 12.8 Å². The number of aromatic nitrogens is 2. The van der Waals surface area contributed by atoms with E-state index in [1.165, 1.54) is 5.69 Å². The number of nitrogens with zero attached hydrogens (tertiary/aromatic N) is 2. The molecule has 0 atom stereocenters. The smallest absolute Gasteiger partial charge is 0.117 e. The Labute approximate surface area is 112 Å². The van der Waals surface area contributed by atoms with Crippen molar-refractivity contribution >= 4 is 11.8 Å². The molecule has 0 aliphatic carbocycles. The average molecular weight is 265 g/mol. The lowest BCUT2D eigenvalue weighted by Crippen LogP contribution is -2.17. The Bertz CT molecular complexity index is 478. The lowest BCUT2D eigenvalue weighted by atomic mass is 10.3. The van der Waals surface area contributed by atoms with Gasteiger partial charge in [0, 0.05) is 31.9 Å². The van der Waals surface area contributed by atoms with E-state index in [0.717, 1.165) is 36.8 Å². The minimum absolute atomic E-state index is 0.784. The van der Waals surface area contributed by atoms with Crippen molar-refractivity contribution in [2.24, 2.45) is 7.05 Å². The van der Waals surface area contributed by atoms with Gasteiger partial charge in [0.25, 0.3) is 0 Å². The third kappa shape index (κ3) is 3.65. The molecule has 0 saturated heterocycles. The molecule has 1 N–H and O–H groups in total. The van der Waals surface area contributed by atoms with Gasteiger partial charge in [0.15, 0.2) is 0 Å². The van der Waals surface area contributed by atoms with E-state index in [4.69, 9.17) is 4.42 Å². The second-order valence-corrected chi connectivity index (χ2v) is 5.04. The Kier molecular flexibility index (Phi) is 4.90. The maximum Gasteiger partial charge on any atom is 0.117 e. The van der Waals surface area contributed by atoms with Crippen molar-refractivity contribution in [3.05, 3.63) is 41.6 Å². The van der Waals surface area contributed by atoms with Crippen LogP contribution in [0.3, 0.4) is 0 Å². The van der Waals surface area contributed by atoms with E-state index in [1.807, 2.05) is 30.1 Å². The lowest BCUT2D eigenvalue weighted by molar-refractivity contribution is 0.459. The van der Waals surface area contributed by atoms with Crippen molar-refractivity contribution in [3.8, 4) is 0 Å². The van der Waals surface area contributed by atoms with Crippen molar-refractivity contribution < 1.29 is 4.42 Å². The zero-order valence-electron chi connectivity index (χ0n) is 10.8. The highest BCUT2D eigenvalue weighted by Gasteiger charge is 2.02. The molecule has 0 bridgehead atoms. The fourth-order valence-corrected chi connectivity index (χ4v) is 2.25. The molecule has 0 amide bonds. The Morgan fingerprint density at radius 3 is 2.89 bits per heavy atom. The van der Waals surface area contributed by atoms with Crippen molar-refractivity contribution in [1.82, 2.24) is 15.1 Å². The van der Waals surface area contributed by atoms with Gasteiger partial charge < -0.3 is 9.73 Å². The molecule has 0 aromatic carbocycles. The molecule has 0 radical (unpaired) electrons. The maximum atomic E-state index is 5.68. The summed E-state index contributed by atoms with van der Waals surface area (Å²) in [6, 6.07) is 6.14. The molecular formula is C13H19N3OS. The van der Waals surface area contributed by atoms with E-state index in [0.29, 0.717) is 0 Å². The summed E-state index contributed by atoms with van der Waals surface area (Å²) in [6.45, 7) is 1.71. The lowest BCUT2D eigenvalue weighted by Gasteiger charge is -2.03. The van der Waals surface area contributed by atoms with E-state index in [1.54, 1.807) is 11.8 Å². The quantitative estimate of drug-likeness (QED) is 0.780. The molecule has 0 aliphatic rings. The van der Waals surface area contributed by atoms with Crippen LogP contribution in [0.25, 0.3) is 0 Å². The zero-order chi connectivity index (χ0) is 12.8. The van der Waals surface area contributed by atoms with Gasteiger partial charge in [0.1, 0.15) is 11.5 Å². The molecule has 2 rings (SSSR count). The number of hydrogen-bond acceptors (Lipinski definition) is 4. The molecule has 0 unspecified atom stereocenters. The van der Waals surface area contributed by atoms with Gasteiger partial charge >= 0.3 is 0 Å². The summed E-state index contributed by atoms with van der Waals surface area (Å²) < 4.78 is 7.59. The first-order valence-corrected chi connectivity index (χ1v) is 7.43. The zero-order valence-corrected chi connectivity index (χ0v) is 11.7. The Morgan fingerprint density at radius 2 is 2.17 bits per heavy atom. The summed E-state index contributed by atoms with van der Waals surface area (Å²) in [7, 11) is 1.97. The molecule has 0 saturated carbocycles. The molecule has 4 nitrogen and oxygen atoms in total. The Balaban J connectivity index is 1.70. The standard InChI is InChI=1S/C13H19N3OS/c1-16-11(6-8-15-16)5-7-14-9-12-3-4-13(17-12)10-18-2/h3-4,6,8,14H,5,7,9-10H2,1-2H3. The van der Waals surface area contributed by atoms with Gasteiger partial charge in [-0.15, -0.1) is 0 Å². The van der Waals surface area contributed by atoms with Gasteiger partial charge in [0.2, 0.25) is 0 Å². The fraction of sp³-hybridized carbons (Fsp3) is 0.462. The van der Waals surface area contributed by atoms with Crippen LogP contribution < -0.4 is 5.32 Å². The van der Waals surface area contributed by atoms with E-state index in [9.17, 15) is 0 Å². The molecule has 5 heteroatoms. The highest BCUT2D eigenvalue weighted by atomic mass is 32.2. The first kappa shape index (κ1) is 13.2. The van der Waals surface area contributed by atoms with Crippen LogP contribution in [0.15, 0.2) is 28.8 Å². The van der Waals surface area contributed by atoms with Crippen molar-refractivity contribution in [3.63, 3.8) is 0 Å².